The van der Waals surface area contributed by atoms with Crippen molar-refractivity contribution in [2.75, 3.05) is 19.7 Å². The maximum absolute atomic E-state index is 12.1. The number of nitrogens with one attached hydrogen (secondary N) is 2. The minimum atomic E-state index is -0.643. The Balaban J connectivity index is 1.42. The molecule has 2 amide bonds. The Labute approximate surface area is 180 Å². The van der Waals surface area contributed by atoms with E-state index in [0.29, 0.717) is 16.3 Å². The van der Waals surface area contributed by atoms with Crippen LogP contribution in [0, 0.1) is 10.1 Å². The van der Waals surface area contributed by atoms with Gasteiger partial charge >= 0.3 is 11.8 Å². The van der Waals surface area contributed by atoms with Gasteiger partial charge < -0.3 is 19.9 Å². The minimum absolute atomic E-state index is 0.0431. The van der Waals surface area contributed by atoms with E-state index in [1.165, 1.54) is 18.2 Å². The van der Waals surface area contributed by atoms with Crippen LogP contribution in [0.5, 0.6) is 5.75 Å². The summed E-state index contributed by atoms with van der Waals surface area (Å²) in [6, 6.07) is 12.2. The van der Waals surface area contributed by atoms with Crippen LogP contribution in [0.4, 0.5) is 5.69 Å². The first kappa shape index (κ1) is 21.7. The zero-order valence-corrected chi connectivity index (χ0v) is 16.7. The second kappa shape index (κ2) is 10.2. The Hall–Kier alpha value is -3.99. The smallest absolute Gasteiger partial charge is 0.316 e. The van der Waals surface area contributed by atoms with E-state index in [2.05, 4.69) is 20.8 Å². The molecule has 11 nitrogen and oxygen atoms in total. The van der Waals surface area contributed by atoms with E-state index in [4.69, 9.17) is 20.9 Å². The first-order chi connectivity index (χ1) is 14.9. The molecule has 2 N–H and O–H groups in total. The average Bonchev–Trinajstić information content (AvgIpc) is 3.27. The summed E-state index contributed by atoms with van der Waals surface area (Å²) in [6.45, 7) is 0.0757. The van der Waals surface area contributed by atoms with Gasteiger partial charge in [-0.15, -0.1) is 0 Å². The molecule has 2 aromatic carbocycles. The third-order valence-electron chi connectivity index (χ3n) is 3.85. The Morgan fingerprint density at radius 1 is 1.13 bits per heavy atom. The van der Waals surface area contributed by atoms with Crippen LogP contribution in [-0.2, 0) is 4.79 Å². The van der Waals surface area contributed by atoms with E-state index < -0.39 is 10.8 Å². The summed E-state index contributed by atoms with van der Waals surface area (Å²) < 4.78 is 10.2. The standard InChI is InChI=1S/C19H16ClN5O6/c20-13-4-6-15(7-5-13)30-11-16(26)21-8-9-22-18(27)19-23-17(24-31-19)12-2-1-3-14(10-12)25(28)29/h1-7,10H,8-9,11H2,(H,21,26)(H,22,27). The molecule has 0 fully saturated rings. The Morgan fingerprint density at radius 2 is 1.87 bits per heavy atom. The Kier molecular flexibility index (Phi) is 7.12. The van der Waals surface area contributed by atoms with Crippen molar-refractivity contribution in [3.05, 3.63) is 69.6 Å². The second-order valence-corrected chi connectivity index (χ2v) is 6.52. The lowest BCUT2D eigenvalue weighted by Gasteiger charge is -2.07. The van der Waals surface area contributed by atoms with Crippen molar-refractivity contribution in [2.45, 2.75) is 0 Å². The summed E-state index contributed by atoms with van der Waals surface area (Å²) in [5.41, 5.74) is 0.203. The fraction of sp³-hybridized carbons (Fsp3) is 0.158. The van der Waals surface area contributed by atoms with Gasteiger partial charge in [0.25, 0.3) is 11.6 Å². The van der Waals surface area contributed by atoms with Gasteiger partial charge in [-0.05, 0) is 24.3 Å². The van der Waals surface area contributed by atoms with Gasteiger partial charge in [0.1, 0.15) is 5.75 Å². The molecule has 0 saturated heterocycles. The molecule has 0 atom stereocenters. The zero-order valence-electron chi connectivity index (χ0n) is 15.9. The van der Waals surface area contributed by atoms with Crippen molar-refractivity contribution >= 4 is 29.1 Å². The first-order valence-corrected chi connectivity index (χ1v) is 9.32. The number of nitro benzene ring substituents is 1. The van der Waals surface area contributed by atoms with Crippen LogP contribution in [0.2, 0.25) is 5.02 Å². The predicted octanol–water partition coefficient (Wildman–Crippen LogP) is 2.22. The normalized spacial score (nSPS) is 10.4. The number of hydrogen-bond acceptors (Lipinski definition) is 8. The van der Waals surface area contributed by atoms with Gasteiger partial charge in [-0.1, -0.05) is 28.9 Å². The van der Waals surface area contributed by atoms with E-state index >= 15 is 0 Å². The first-order valence-electron chi connectivity index (χ1n) is 8.94. The number of hydrogen-bond donors (Lipinski definition) is 2. The maximum Gasteiger partial charge on any atom is 0.316 e. The molecule has 1 aromatic heterocycles. The number of ether oxygens (including phenoxy) is 1. The van der Waals surface area contributed by atoms with E-state index in [1.807, 2.05) is 0 Å². The number of carbonyl (C=O) groups is 2. The van der Waals surface area contributed by atoms with E-state index in [0.717, 1.165) is 0 Å². The number of nitrogens with zero attached hydrogens (tertiary/aromatic N) is 3. The molecule has 3 rings (SSSR count). The van der Waals surface area contributed by atoms with Gasteiger partial charge in [-0.3, -0.25) is 19.7 Å². The van der Waals surface area contributed by atoms with Crippen LogP contribution in [-0.4, -0.2) is 46.6 Å². The summed E-state index contributed by atoms with van der Waals surface area (Å²) in [5.74, 6) is -0.769. The quantitative estimate of drug-likeness (QED) is 0.289. The SMILES string of the molecule is O=C(COc1ccc(Cl)cc1)NCCNC(=O)c1nc(-c2cccc([N+](=O)[O-])c2)no1. The lowest BCUT2D eigenvalue weighted by atomic mass is 10.2. The van der Waals surface area contributed by atoms with E-state index in [-0.39, 0.29) is 43.0 Å². The van der Waals surface area contributed by atoms with Gasteiger partial charge in [0.05, 0.1) is 4.92 Å². The highest BCUT2D eigenvalue weighted by molar-refractivity contribution is 6.30. The third-order valence-corrected chi connectivity index (χ3v) is 4.10. The number of halogens is 1. The topological polar surface area (TPSA) is 149 Å². The highest BCUT2D eigenvalue weighted by Crippen LogP contribution is 2.21. The average molecular weight is 446 g/mol. The number of non-ortho nitro benzene ring substituents is 1. The highest BCUT2D eigenvalue weighted by Gasteiger charge is 2.17. The van der Waals surface area contributed by atoms with Crippen molar-refractivity contribution in [3.63, 3.8) is 0 Å². The number of amides is 2. The lowest BCUT2D eigenvalue weighted by molar-refractivity contribution is -0.384. The van der Waals surface area contributed by atoms with Crippen LogP contribution in [0.15, 0.2) is 53.1 Å². The Bertz CT molecular complexity index is 1090. The van der Waals surface area contributed by atoms with Crippen LogP contribution in [0.25, 0.3) is 11.4 Å². The van der Waals surface area contributed by atoms with Crippen LogP contribution < -0.4 is 15.4 Å². The lowest BCUT2D eigenvalue weighted by Crippen LogP contribution is -2.36. The maximum atomic E-state index is 12.1. The van der Waals surface area contributed by atoms with Crippen LogP contribution in [0.1, 0.15) is 10.7 Å². The summed E-state index contributed by atoms with van der Waals surface area (Å²) >= 11 is 5.77. The highest BCUT2D eigenvalue weighted by atomic mass is 35.5. The molecule has 0 saturated carbocycles. The predicted molar refractivity (Wildman–Crippen MR) is 109 cm³/mol. The molecule has 160 valence electrons. The molecule has 12 heteroatoms. The number of nitro groups is 1. The zero-order chi connectivity index (χ0) is 22.2. The second-order valence-electron chi connectivity index (χ2n) is 6.08. The van der Waals surface area contributed by atoms with E-state index in [1.54, 1.807) is 30.3 Å². The van der Waals surface area contributed by atoms with Gasteiger partial charge in [-0.2, -0.15) is 4.98 Å². The van der Waals surface area contributed by atoms with Gasteiger partial charge in [0.15, 0.2) is 6.61 Å². The van der Waals surface area contributed by atoms with Crippen molar-refractivity contribution in [1.82, 2.24) is 20.8 Å². The van der Waals surface area contributed by atoms with Crippen LogP contribution in [0.3, 0.4) is 0 Å². The summed E-state index contributed by atoms with van der Waals surface area (Å²) in [6.07, 6.45) is 0. The molecule has 1 heterocycles. The largest absolute Gasteiger partial charge is 0.484 e. The molecule has 31 heavy (non-hydrogen) atoms. The molecule has 0 radical (unpaired) electrons. The molecule has 0 bridgehead atoms. The van der Waals surface area contributed by atoms with Crippen molar-refractivity contribution < 1.29 is 23.8 Å². The molecular weight excluding hydrogens is 430 g/mol. The summed E-state index contributed by atoms with van der Waals surface area (Å²) in [7, 11) is 0. The summed E-state index contributed by atoms with van der Waals surface area (Å²) in [5, 5.41) is 20.2. The minimum Gasteiger partial charge on any atom is -0.484 e. The molecule has 0 unspecified atom stereocenters. The number of benzene rings is 2. The molecule has 0 spiro atoms. The van der Waals surface area contributed by atoms with Gasteiger partial charge in [-0.25, -0.2) is 0 Å². The van der Waals surface area contributed by atoms with Crippen molar-refractivity contribution in [2.24, 2.45) is 0 Å². The number of rotatable bonds is 9. The third kappa shape index (κ3) is 6.24. The molecule has 0 aliphatic rings. The van der Waals surface area contributed by atoms with Crippen LogP contribution >= 0.6 is 11.6 Å². The number of carbonyl (C=O) groups excluding carboxylic acids is 2. The van der Waals surface area contributed by atoms with Crippen molar-refractivity contribution in [1.29, 1.82) is 0 Å². The van der Waals surface area contributed by atoms with Crippen molar-refractivity contribution in [3.8, 4) is 17.1 Å². The number of aromatic nitrogens is 2. The molecule has 0 aliphatic carbocycles. The van der Waals surface area contributed by atoms with E-state index in [9.17, 15) is 19.7 Å². The molecule has 3 aromatic rings. The van der Waals surface area contributed by atoms with Gasteiger partial charge in [0, 0.05) is 35.8 Å². The Morgan fingerprint density at radius 3 is 2.61 bits per heavy atom. The fourth-order valence-electron chi connectivity index (χ4n) is 2.38. The molecule has 0 aliphatic heterocycles. The molecular formula is C19H16ClN5O6. The fourth-order valence-corrected chi connectivity index (χ4v) is 2.50. The monoisotopic (exact) mass is 445 g/mol. The van der Waals surface area contributed by atoms with Gasteiger partial charge in [0.2, 0.25) is 5.82 Å². The summed E-state index contributed by atoms with van der Waals surface area (Å²) in [4.78, 5) is 38.1.